The standard InChI is InChI=1S/C19H31N5O2/c1-14(2)22-19(26)16-5-8-23(9-6-16)17-10-18(21-13-20-17)24-7-3-4-15(11-24)12-25/h10,13-16,25H,3-9,11-12H2,1-2H3,(H,22,26). The number of carbonyl (C=O) groups is 1. The number of rotatable bonds is 5. The van der Waals surface area contributed by atoms with E-state index in [1.807, 2.05) is 19.9 Å². The Morgan fingerprint density at radius 3 is 2.54 bits per heavy atom. The van der Waals surface area contributed by atoms with Crippen molar-refractivity contribution in [3.05, 3.63) is 12.4 Å². The van der Waals surface area contributed by atoms with Gasteiger partial charge < -0.3 is 20.2 Å². The quantitative estimate of drug-likeness (QED) is 0.826. The van der Waals surface area contributed by atoms with Gasteiger partial charge in [0.1, 0.15) is 18.0 Å². The molecule has 2 fully saturated rings. The van der Waals surface area contributed by atoms with Crippen molar-refractivity contribution in [1.82, 2.24) is 15.3 Å². The lowest BCUT2D eigenvalue weighted by atomic mass is 9.95. The van der Waals surface area contributed by atoms with Gasteiger partial charge in [0.25, 0.3) is 0 Å². The van der Waals surface area contributed by atoms with E-state index in [1.165, 1.54) is 0 Å². The molecule has 2 aliphatic heterocycles. The molecule has 2 N–H and O–H groups in total. The molecule has 1 aromatic heterocycles. The van der Waals surface area contributed by atoms with Crippen molar-refractivity contribution >= 4 is 17.5 Å². The summed E-state index contributed by atoms with van der Waals surface area (Å²) in [6.45, 7) is 7.74. The number of nitrogens with one attached hydrogen (secondary N) is 1. The highest BCUT2D eigenvalue weighted by atomic mass is 16.3. The van der Waals surface area contributed by atoms with Crippen LogP contribution in [0.1, 0.15) is 39.5 Å². The van der Waals surface area contributed by atoms with Crippen LogP contribution in [0.15, 0.2) is 12.4 Å². The summed E-state index contributed by atoms with van der Waals surface area (Å²) >= 11 is 0. The molecule has 2 aliphatic rings. The van der Waals surface area contributed by atoms with Gasteiger partial charge in [0.2, 0.25) is 5.91 Å². The third kappa shape index (κ3) is 4.63. The van der Waals surface area contributed by atoms with E-state index >= 15 is 0 Å². The summed E-state index contributed by atoms with van der Waals surface area (Å²) in [5.74, 6) is 2.47. The molecule has 0 aliphatic carbocycles. The van der Waals surface area contributed by atoms with E-state index in [9.17, 15) is 9.90 Å². The van der Waals surface area contributed by atoms with Crippen LogP contribution < -0.4 is 15.1 Å². The zero-order valence-electron chi connectivity index (χ0n) is 15.9. The Morgan fingerprint density at radius 1 is 1.19 bits per heavy atom. The van der Waals surface area contributed by atoms with Crippen LogP contribution in [0.2, 0.25) is 0 Å². The summed E-state index contributed by atoms with van der Waals surface area (Å²) in [4.78, 5) is 25.6. The van der Waals surface area contributed by atoms with Crippen molar-refractivity contribution in [1.29, 1.82) is 0 Å². The number of amides is 1. The van der Waals surface area contributed by atoms with Crippen molar-refractivity contribution in [2.24, 2.45) is 11.8 Å². The number of aliphatic hydroxyl groups excluding tert-OH is 1. The van der Waals surface area contributed by atoms with Crippen LogP contribution in [0.25, 0.3) is 0 Å². The number of hydrogen-bond donors (Lipinski definition) is 2. The molecule has 0 spiro atoms. The van der Waals surface area contributed by atoms with E-state index in [0.717, 1.165) is 63.5 Å². The van der Waals surface area contributed by atoms with Gasteiger partial charge in [-0.15, -0.1) is 0 Å². The molecule has 1 amide bonds. The second-order valence-electron chi connectivity index (χ2n) is 7.80. The Labute approximate surface area is 155 Å². The lowest BCUT2D eigenvalue weighted by Gasteiger charge is -2.35. The Kier molecular flexibility index (Phi) is 6.29. The normalized spacial score (nSPS) is 21.9. The number of aromatic nitrogens is 2. The molecule has 1 unspecified atom stereocenters. The highest BCUT2D eigenvalue weighted by molar-refractivity contribution is 5.79. The average Bonchev–Trinajstić information content (AvgIpc) is 2.68. The predicted molar refractivity (Wildman–Crippen MR) is 102 cm³/mol. The van der Waals surface area contributed by atoms with Crippen molar-refractivity contribution in [2.45, 2.75) is 45.6 Å². The number of nitrogens with zero attached hydrogens (tertiary/aromatic N) is 4. The van der Waals surface area contributed by atoms with Crippen LogP contribution in [0.3, 0.4) is 0 Å². The summed E-state index contributed by atoms with van der Waals surface area (Å²) in [5.41, 5.74) is 0. The molecule has 0 aromatic carbocycles. The molecule has 1 aromatic rings. The molecule has 7 heteroatoms. The molecule has 0 radical (unpaired) electrons. The van der Waals surface area contributed by atoms with E-state index in [1.54, 1.807) is 6.33 Å². The summed E-state index contributed by atoms with van der Waals surface area (Å²) < 4.78 is 0. The molecule has 26 heavy (non-hydrogen) atoms. The van der Waals surface area contributed by atoms with Crippen molar-refractivity contribution in [2.75, 3.05) is 42.6 Å². The Morgan fingerprint density at radius 2 is 1.88 bits per heavy atom. The second kappa shape index (κ2) is 8.66. The molecular weight excluding hydrogens is 330 g/mol. The molecule has 3 heterocycles. The van der Waals surface area contributed by atoms with Crippen LogP contribution in [0.5, 0.6) is 0 Å². The smallest absolute Gasteiger partial charge is 0.223 e. The molecule has 2 saturated heterocycles. The zero-order valence-corrected chi connectivity index (χ0v) is 15.9. The summed E-state index contributed by atoms with van der Waals surface area (Å²) in [5, 5.41) is 12.5. The number of carbonyl (C=O) groups excluding carboxylic acids is 1. The highest BCUT2D eigenvalue weighted by Gasteiger charge is 2.27. The first-order valence-corrected chi connectivity index (χ1v) is 9.80. The van der Waals surface area contributed by atoms with Crippen molar-refractivity contribution < 1.29 is 9.90 Å². The first kappa shape index (κ1) is 18.9. The molecular formula is C19H31N5O2. The van der Waals surface area contributed by atoms with E-state index in [0.29, 0.717) is 5.92 Å². The monoisotopic (exact) mass is 361 g/mol. The SMILES string of the molecule is CC(C)NC(=O)C1CCN(c2cc(N3CCCC(CO)C3)ncn2)CC1. The van der Waals surface area contributed by atoms with Gasteiger partial charge in [-0.05, 0) is 45.4 Å². The number of hydrogen-bond acceptors (Lipinski definition) is 6. The fourth-order valence-electron chi connectivity index (χ4n) is 3.88. The van der Waals surface area contributed by atoms with Gasteiger partial charge in [0, 0.05) is 50.8 Å². The van der Waals surface area contributed by atoms with Crippen molar-refractivity contribution in [3.63, 3.8) is 0 Å². The second-order valence-corrected chi connectivity index (χ2v) is 7.80. The number of aliphatic hydroxyl groups is 1. The van der Waals surface area contributed by atoms with Crippen LogP contribution in [-0.4, -0.2) is 59.8 Å². The topological polar surface area (TPSA) is 81.6 Å². The van der Waals surface area contributed by atoms with Gasteiger partial charge in [0.05, 0.1) is 0 Å². The minimum Gasteiger partial charge on any atom is -0.396 e. The minimum atomic E-state index is 0.0994. The van der Waals surface area contributed by atoms with E-state index in [2.05, 4.69) is 25.1 Å². The van der Waals surface area contributed by atoms with Gasteiger partial charge in [-0.3, -0.25) is 4.79 Å². The summed E-state index contributed by atoms with van der Waals surface area (Å²) in [6.07, 6.45) is 5.50. The van der Waals surface area contributed by atoms with Crippen LogP contribution in [-0.2, 0) is 4.79 Å². The van der Waals surface area contributed by atoms with E-state index in [-0.39, 0.29) is 24.5 Å². The largest absolute Gasteiger partial charge is 0.396 e. The first-order valence-electron chi connectivity index (χ1n) is 9.80. The molecule has 1 atom stereocenters. The van der Waals surface area contributed by atoms with Gasteiger partial charge in [-0.1, -0.05) is 0 Å². The maximum absolute atomic E-state index is 12.2. The zero-order chi connectivity index (χ0) is 18.5. The Balaban J connectivity index is 1.60. The van der Waals surface area contributed by atoms with Crippen molar-refractivity contribution in [3.8, 4) is 0 Å². The average molecular weight is 361 g/mol. The molecule has 7 nitrogen and oxygen atoms in total. The molecule has 0 saturated carbocycles. The lowest BCUT2D eigenvalue weighted by molar-refractivity contribution is -0.126. The number of anilines is 2. The summed E-state index contributed by atoms with van der Waals surface area (Å²) in [6, 6.07) is 2.24. The van der Waals surface area contributed by atoms with Crippen LogP contribution >= 0.6 is 0 Å². The van der Waals surface area contributed by atoms with Gasteiger partial charge in [-0.2, -0.15) is 0 Å². The summed E-state index contributed by atoms with van der Waals surface area (Å²) in [7, 11) is 0. The Hall–Kier alpha value is -1.89. The molecule has 3 rings (SSSR count). The first-order chi connectivity index (χ1) is 12.6. The van der Waals surface area contributed by atoms with Crippen LogP contribution in [0, 0.1) is 11.8 Å². The predicted octanol–water partition coefficient (Wildman–Crippen LogP) is 1.43. The van der Waals surface area contributed by atoms with Gasteiger partial charge in [-0.25, -0.2) is 9.97 Å². The highest BCUT2D eigenvalue weighted by Crippen LogP contribution is 2.26. The third-order valence-electron chi connectivity index (χ3n) is 5.36. The van der Waals surface area contributed by atoms with Gasteiger partial charge in [0.15, 0.2) is 0 Å². The minimum absolute atomic E-state index is 0.0994. The fraction of sp³-hybridized carbons (Fsp3) is 0.737. The van der Waals surface area contributed by atoms with E-state index < -0.39 is 0 Å². The maximum Gasteiger partial charge on any atom is 0.223 e. The molecule has 0 bridgehead atoms. The molecule has 144 valence electrons. The van der Waals surface area contributed by atoms with Gasteiger partial charge >= 0.3 is 0 Å². The number of piperidine rings is 2. The Bertz CT molecular complexity index is 601. The maximum atomic E-state index is 12.2. The van der Waals surface area contributed by atoms with E-state index in [4.69, 9.17) is 0 Å². The lowest BCUT2D eigenvalue weighted by Crippen LogP contribution is -2.42. The third-order valence-corrected chi connectivity index (χ3v) is 5.36. The fourth-order valence-corrected chi connectivity index (χ4v) is 3.88. The van der Waals surface area contributed by atoms with Crippen LogP contribution in [0.4, 0.5) is 11.6 Å².